The number of nitrogens with zero attached hydrogens (tertiary/aromatic N) is 8. The van der Waals surface area contributed by atoms with Gasteiger partial charge in [0.05, 0.1) is 23.5 Å². The summed E-state index contributed by atoms with van der Waals surface area (Å²) in [5.74, 6) is 1.33. The van der Waals surface area contributed by atoms with Crippen molar-refractivity contribution >= 4 is 57.5 Å². The normalized spacial score (nSPS) is 16.9. The molecule has 1 amide bonds. The van der Waals surface area contributed by atoms with Gasteiger partial charge in [0.1, 0.15) is 4.88 Å². The largest absolute Gasteiger partial charge is 0.395 e. The molecule has 3 N–H and O–H groups in total. The second-order valence-electron chi connectivity index (χ2n) is 9.64. The molecule has 0 atom stereocenters. The predicted octanol–water partition coefficient (Wildman–Crippen LogP) is 2.15. The highest BCUT2D eigenvalue weighted by Crippen LogP contribution is 2.28. The summed E-state index contributed by atoms with van der Waals surface area (Å²) in [7, 11) is 2.11. The predicted molar refractivity (Wildman–Crippen MR) is 155 cm³/mol. The summed E-state index contributed by atoms with van der Waals surface area (Å²) in [6, 6.07) is 5.48. The Hall–Kier alpha value is -3.10. The van der Waals surface area contributed by atoms with Crippen LogP contribution in [0, 0.1) is 6.92 Å². The van der Waals surface area contributed by atoms with Gasteiger partial charge in [0, 0.05) is 58.9 Å². The van der Waals surface area contributed by atoms with Crippen LogP contribution in [0.3, 0.4) is 0 Å². The van der Waals surface area contributed by atoms with Crippen LogP contribution in [0.2, 0.25) is 5.02 Å². The van der Waals surface area contributed by atoms with Crippen LogP contribution in [-0.4, -0.2) is 113 Å². The Morgan fingerprint density at radius 3 is 2.33 bits per heavy atom. The highest BCUT2D eigenvalue weighted by atomic mass is 35.5. The number of aliphatic hydroxyl groups excluding tert-OH is 1. The maximum Gasteiger partial charge on any atom is 0.267 e. The fourth-order valence-corrected chi connectivity index (χ4v) is 5.48. The SMILES string of the molecule is Cc1cccc(Cl)c1NC(=O)c1cnc(Nc2nc(N3CCN(C)CC3)nc(N3CCN(CCO)CC3)n2)s1. The Balaban J connectivity index is 1.34. The third-order valence-corrected chi connectivity index (χ3v) is 8.10. The van der Waals surface area contributed by atoms with Gasteiger partial charge < -0.3 is 25.1 Å². The number of rotatable bonds is 8. The summed E-state index contributed by atoms with van der Waals surface area (Å²) < 4.78 is 0. The van der Waals surface area contributed by atoms with Crippen molar-refractivity contribution in [3.05, 3.63) is 39.9 Å². The van der Waals surface area contributed by atoms with Crippen molar-refractivity contribution in [2.75, 3.05) is 93.0 Å². The summed E-state index contributed by atoms with van der Waals surface area (Å²) in [5, 5.41) is 16.3. The number of para-hydroxylation sites is 1. The van der Waals surface area contributed by atoms with Crippen LogP contribution >= 0.6 is 22.9 Å². The molecule has 2 fully saturated rings. The van der Waals surface area contributed by atoms with Crippen molar-refractivity contribution in [1.29, 1.82) is 0 Å². The van der Waals surface area contributed by atoms with Crippen LogP contribution in [0.15, 0.2) is 24.4 Å². The third-order valence-electron chi connectivity index (χ3n) is 6.88. The third kappa shape index (κ3) is 6.73. The van der Waals surface area contributed by atoms with E-state index in [1.54, 1.807) is 6.07 Å². The van der Waals surface area contributed by atoms with Crippen molar-refractivity contribution in [2.24, 2.45) is 0 Å². The second-order valence-corrected chi connectivity index (χ2v) is 11.1. The van der Waals surface area contributed by atoms with Crippen molar-refractivity contribution in [1.82, 2.24) is 29.7 Å². The molecule has 0 radical (unpaired) electrons. The van der Waals surface area contributed by atoms with E-state index >= 15 is 0 Å². The van der Waals surface area contributed by atoms with Gasteiger partial charge in [-0.15, -0.1) is 0 Å². The Morgan fingerprint density at radius 1 is 1.03 bits per heavy atom. The number of carbonyl (C=O) groups excluding carboxylic acids is 1. The van der Waals surface area contributed by atoms with Crippen LogP contribution in [0.4, 0.5) is 28.7 Å². The Labute approximate surface area is 236 Å². The van der Waals surface area contributed by atoms with E-state index in [0.29, 0.717) is 45.1 Å². The Bertz CT molecular complexity index is 1270. The molecule has 2 aliphatic rings. The number of halogens is 1. The minimum Gasteiger partial charge on any atom is -0.395 e. The lowest BCUT2D eigenvalue weighted by Gasteiger charge is -2.35. The quantitative estimate of drug-likeness (QED) is 0.367. The van der Waals surface area contributed by atoms with E-state index in [1.165, 1.54) is 17.5 Å². The van der Waals surface area contributed by atoms with Crippen LogP contribution in [0.1, 0.15) is 15.2 Å². The summed E-state index contributed by atoms with van der Waals surface area (Å²) in [4.78, 5) is 40.8. The number of β-amino-alcohol motifs (C(OH)–C–C–N with tert-alkyl or cyclic N) is 1. The molecule has 208 valence electrons. The average molecular weight is 573 g/mol. The monoisotopic (exact) mass is 572 g/mol. The maximum absolute atomic E-state index is 12.9. The van der Waals surface area contributed by atoms with Gasteiger partial charge in [-0.05, 0) is 25.6 Å². The molecule has 5 rings (SSSR count). The van der Waals surface area contributed by atoms with E-state index in [9.17, 15) is 9.90 Å². The van der Waals surface area contributed by atoms with E-state index in [-0.39, 0.29) is 12.5 Å². The van der Waals surface area contributed by atoms with Gasteiger partial charge in [0.2, 0.25) is 17.8 Å². The molecule has 0 spiro atoms. The lowest BCUT2D eigenvalue weighted by atomic mass is 10.2. The molecule has 3 aromatic rings. The lowest BCUT2D eigenvalue weighted by molar-refractivity contribution is 0.103. The number of nitrogens with one attached hydrogen (secondary N) is 2. The zero-order valence-corrected chi connectivity index (χ0v) is 23.7. The summed E-state index contributed by atoms with van der Waals surface area (Å²) in [6.45, 7) is 9.40. The maximum atomic E-state index is 12.9. The minimum atomic E-state index is -0.285. The zero-order valence-electron chi connectivity index (χ0n) is 22.1. The molecule has 2 aliphatic heterocycles. The van der Waals surface area contributed by atoms with E-state index in [0.717, 1.165) is 57.9 Å². The topological polar surface area (TPSA) is 126 Å². The molecule has 39 heavy (non-hydrogen) atoms. The fourth-order valence-electron chi connectivity index (χ4n) is 4.51. The molecule has 0 bridgehead atoms. The molecular weight excluding hydrogens is 540 g/mol. The Morgan fingerprint density at radius 2 is 1.69 bits per heavy atom. The van der Waals surface area contributed by atoms with E-state index in [2.05, 4.69) is 42.3 Å². The highest BCUT2D eigenvalue weighted by Gasteiger charge is 2.24. The number of piperazine rings is 2. The molecule has 4 heterocycles. The number of hydrogen-bond acceptors (Lipinski definition) is 12. The highest BCUT2D eigenvalue weighted by molar-refractivity contribution is 7.17. The van der Waals surface area contributed by atoms with Gasteiger partial charge >= 0.3 is 0 Å². The lowest BCUT2D eigenvalue weighted by Crippen LogP contribution is -2.48. The fraction of sp³-hybridized carbons (Fsp3) is 0.480. The van der Waals surface area contributed by atoms with Gasteiger partial charge in [-0.1, -0.05) is 35.1 Å². The van der Waals surface area contributed by atoms with Crippen LogP contribution in [-0.2, 0) is 0 Å². The van der Waals surface area contributed by atoms with Crippen LogP contribution in [0.5, 0.6) is 0 Å². The van der Waals surface area contributed by atoms with Gasteiger partial charge in [-0.3, -0.25) is 15.0 Å². The number of hydrogen-bond donors (Lipinski definition) is 3. The number of aryl methyl sites for hydroxylation is 1. The van der Waals surface area contributed by atoms with E-state index in [4.69, 9.17) is 26.6 Å². The molecule has 2 aromatic heterocycles. The van der Waals surface area contributed by atoms with Gasteiger partial charge in [0.15, 0.2) is 5.13 Å². The summed E-state index contributed by atoms with van der Waals surface area (Å²) >= 11 is 7.49. The zero-order chi connectivity index (χ0) is 27.4. The number of benzene rings is 1. The number of aromatic nitrogens is 4. The molecule has 1 aromatic carbocycles. The minimum absolute atomic E-state index is 0.152. The van der Waals surface area contributed by atoms with Crippen molar-refractivity contribution in [2.45, 2.75) is 6.92 Å². The van der Waals surface area contributed by atoms with Crippen LogP contribution in [0.25, 0.3) is 0 Å². The number of likely N-dealkylation sites (N-methyl/N-ethyl adjacent to an activating group) is 1. The first kappa shape index (κ1) is 27.5. The number of carbonyl (C=O) groups is 1. The van der Waals surface area contributed by atoms with E-state index in [1.807, 2.05) is 19.1 Å². The van der Waals surface area contributed by atoms with Gasteiger partial charge in [-0.2, -0.15) is 15.0 Å². The van der Waals surface area contributed by atoms with Gasteiger partial charge in [-0.25, -0.2) is 4.98 Å². The van der Waals surface area contributed by atoms with Crippen LogP contribution < -0.4 is 20.4 Å². The first-order chi connectivity index (χ1) is 18.9. The summed E-state index contributed by atoms with van der Waals surface area (Å²) in [5.41, 5.74) is 1.47. The molecule has 2 saturated heterocycles. The first-order valence-electron chi connectivity index (χ1n) is 13.0. The first-order valence-corrected chi connectivity index (χ1v) is 14.2. The smallest absolute Gasteiger partial charge is 0.267 e. The Kier molecular flexibility index (Phi) is 8.72. The molecular formula is C25H33ClN10O2S. The van der Waals surface area contributed by atoms with Crippen molar-refractivity contribution in [3.8, 4) is 0 Å². The second kappa shape index (κ2) is 12.4. The van der Waals surface area contributed by atoms with E-state index < -0.39 is 0 Å². The molecule has 0 saturated carbocycles. The number of anilines is 5. The standard InChI is InChI=1S/C25H33ClN10O2S/c1-17-4-3-5-18(26)20(17)28-21(38)19-16-27-25(39-19)31-22-29-23(35-10-6-33(2)7-11-35)32-24(30-22)36-12-8-34(9-13-36)14-15-37/h3-5,16,37H,6-15H2,1-2H3,(H,28,38)(H,27,29,30,31,32). The molecule has 14 heteroatoms. The number of aliphatic hydroxyl groups is 1. The number of thiazole rings is 1. The molecule has 12 nitrogen and oxygen atoms in total. The molecule has 0 aliphatic carbocycles. The number of amides is 1. The van der Waals surface area contributed by atoms with Gasteiger partial charge in [0.25, 0.3) is 5.91 Å². The van der Waals surface area contributed by atoms with Crippen molar-refractivity contribution < 1.29 is 9.90 Å². The molecule has 0 unspecified atom stereocenters. The van der Waals surface area contributed by atoms with Crippen molar-refractivity contribution in [3.63, 3.8) is 0 Å². The average Bonchev–Trinajstić information content (AvgIpc) is 3.40. The summed E-state index contributed by atoms with van der Waals surface area (Å²) in [6.07, 6.45) is 1.53.